The summed E-state index contributed by atoms with van der Waals surface area (Å²) >= 11 is -0.750. The highest BCUT2D eigenvalue weighted by atomic mass is 32.1. The summed E-state index contributed by atoms with van der Waals surface area (Å²) in [6.45, 7) is 10.8. The zero-order valence-corrected chi connectivity index (χ0v) is 25.9. The number of anilines is 1. The van der Waals surface area contributed by atoms with Crippen molar-refractivity contribution in [3.8, 4) is 0 Å². The van der Waals surface area contributed by atoms with Gasteiger partial charge in [-0.3, -0.25) is 4.79 Å². The summed E-state index contributed by atoms with van der Waals surface area (Å²) < 4.78 is 16.6. The molecule has 0 unspecified atom stereocenters. The van der Waals surface area contributed by atoms with E-state index in [1.807, 2.05) is 48.3 Å². The molecule has 228 valence electrons. The van der Waals surface area contributed by atoms with Gasteiger partial charge in [-0.05, 0) is 93.3 Å². The Hall–Kier alpha value is -3.45. The van der Waals surface area contributed by atoms with Gasteiger partial charge in [-0.2, -0.15) is 13.4 Å². The fourth-order valence-corrected chi connectivity index (χ4v) is 4.97. The number of aliphatic imine (C=N–C) groups is 1. The van der Waals surface area contributed by atoms with Crippen LogP contribution in [-0.4, -0.2) is 94.5 Å². The van der Waals surface area contributed by atoms with Crippen LogP contribution in [0.15, 0.2) is 53.7 Å². The van der Waals surface area contributed by atoms with Gasteiger partial charge in [0.15, 0.2) is 11.8 Å². The van der Waals surface area contributed by atoms with E-state index in [1.165, 1.54) is 18.7 Å². The van der Waals surface area contributed by atoms with Crippen molar-refractivity contribution >= 4 is 40.5 Å². The molecule has 4 heterocycles. The molecule has 0 bridgehead atoms. The Labute approximate surface area is 252 Å². The van der Waals surface area contributed by atoms with Gasteiger partial charge < -0.3 is 31.5 Å². The number of nitrogens with one attached hydrogen (secondary N) is 3. The zero-order chi connectivity index (χ0) is 30.5. The first-order valence-corrected chi connectivity index (χ1v) is 14.9. The first-order chi connectivity index (χ1) is 20.1. The molecule has 11 nitrogen and oxygen atoms in total. The van der Waals surface area contributed by atoms with Gasteiger partial charge in [-0.15, -0.1) is 0 Å². The minimum absolute atomic E-state index is 0.0473. The lowest BCUT2D eigenvalue weighted by molar-refractivity contribution is 0.0659. The average molecular weight is 597 g/mol. The lowest BCUT2D eigenvalue weighted by atomic mass is 9.87. The summed E-state index contributed by atoms with van der Waals surface area (Å²) in [5, 5.41) is 9.63. The number of amides is 1. The molecule has 0 atom stereocenters. The van der Waals surface area contributed by atoms with E-state index in [1.54, 1.807) is 6.20 Å². The predicted molar refractivity (Wildman–Crippen MR) is 169 cm³/mol. The van der Waals surface area contributed by atoms with Gasteiger partial charge in [0.25, 0.3) is 5.91 Å². The quantitative estimate of drug-likeness (QED) is 0.302. The predicted octanol–water partition coefficient (Wildman–Crippen LogP) is 2.63. The van der Waals surface area contributed by atoms with Crippen LogP contribution in [0.25, 0.3) is 5.57 Å². The molecular formula is C30H44N8O3S. The zero-order valence-electron chi connectivity index (χ0n) is 25.1. The number of carbonyl (C=O) groups excluding carboxylic acids is 1. The smallest absolute Gasteiger partial charge is 0.335 e. The Balaban J connectivity index is 0.000000464. The standard InChI is InChI=1S/C25H33N7O.C5H11N.O2S/c1-31-16-11-21(12-17-31)32(2)24(33)19-5-7-20(8-6-19)29-25(26)30-23-22(4-3-13-28-23)18-9-14-27-15-10-18;1-5(2)3-6-4-5;1-3-2/h3-9,13,21,27H,10-12,14-17H2,1-2H3,(H3,26,28,29,30);6H,3-4H2,1-2H3;. The molecule has 1 aromatic carbocycles. The number of nitrogens with zero attached hydrogens (tertiary/aromatic N) is 4. The Morgan fingerprint density at radius 2 is 1.79 bits per heavy atom. The van der Waals surface area contributed by atoms with Crippen LogP contribution in [0, 0.1) is 5.41 Å². The van der Waals surface area contributed by atoms with Crippen LogP contribution in [0.4, 0.5) is 11.5 Å². The van der Waals surface area contributed by atoms with Crippen molar-refractivity contribution in [1.82, 2.24) is 25.4 Å². The number of hydrogen-bond acceptors (Lipinski definition) is 8. The molecule has 2 fully saturated rings. The maximum atomic E-state index is 12.9. The largest absolute Gasteiger partial charge is 0.369 e. The van der Waals surface area contributed by atoms with Crippen LogP contribution in [-0.2, 0) is 11.6 Å². The molecular weight excluding hydrogens is 552 g/mol. The normalized spacial score (nSPS) is 18.6. The molecule has 0 spiro atoms. The third-order valence-corrected chi connectivity index (χ3v) is 7.59. The van der Waals surface area contributed by atoms with Gasteiger partial charge in [0.05, 0.1) is 0 Å². The number of pyridine rings is 1. The lowest BCUT2D eigenvalue weighted by Crippen LogP contribution is -2.49. The van der Waals surface area contributed by atoms with Crippen molar-refractivity contribution in [1.29, 1.82) is 0 Å². The van der Waals surface area contributed by atoms with Crippen molar-refractivity contribution in [2.75, 3.05) is 58.7 Å². The van der Waals surface area contributed by atoms with Crippen LogP contribution >= 0.6 is 0 Å². The highest BCUT2D eigenvalue weighted by Gasteiger charge is 2.25. The fourth-order valence-electron chi connectivity index (χ4n) is 4.97. The molecule has 42 heavy (non-hydrogen) atoms. The molecule has 0 radical (unpaired) electrons. The molecule has 0 saturated carbocycles. The van der Waals surface area contributed by atoms with Crippen LogP contribution in [0.5, 0.6) is 0 Å². The number of piperidine rings is 1. The molecule has 3 aliphatic rings. The number of likely N-dealkylation sites (tertiary alicyclic amines) is 1. The Morgan fingerprint density at radius 3 is 2.33 bits per heavy atom. The van der Waals surface area contributed by atoms with Gasteiger partial charge in [0, 0.05) is 55.7 Å². The number of carbonyl (C=O) groups is 1. The van der Waals surface area contributed by atoms with Crippen molar-refractivity contribution in [2.45, 2.75) is 39.2 Å². The number of benzene rings is 1. The fraction of sp³-hybridized carbons (Fsp3) is 0.500. The molecule has 0 aliphatic carbocycles. The SMILES string of the molecule is CC1(C)CNC1.CN1CCC(N(C)C(=O)c2ccc(NC(N)=Nc3ncccc3C3=CCNCC3)cc2)CC1.O=S=O. The maximum Gasteiger partial charge on any atom is 0.335 e. The van der Waals surface area contributed by atoms with E-state index in [-0.39, 0.29) is 17.9 Å². The molecule has 1 aromatic heterocycles. The van der Waals surface area contributed by atoms with Crippen molar-refractivity contribution < 1.29 is 13.2 Å². The van der Waals surface area contributed by atoms with E-state index in [0.29, 0.717) is 16.8 Å². The van der Waals surface area contributed by atoms with E-state index < -0.39 is 11.6 Å². The van der Waals surface area contributed by atoms with Gasteiger partial charge in [-0.1, -0.05) is 19.9 Å². The summed E-state index contributed by atoms with van der Waals surface area (Å²) in [5.74, 6) is 0.903. The van der Waals surface area contributed by atoms with E-state index >= 15 is 0 Å². The Bertz CT molecular complexity index is 1260. The highest BCUT2D eigenvalue weighted by molar-refractivity contribution is 7.51. The molecule has 12 heteroatoms. The van der Waals surface area contributed by atoms with Crippen LogP contribution in [0.2, 0.25) is 0 Å². The van der Waals surface area contributed by atoms with E-state index in [0.717, 1.165) is 56.7 Å². The molecule has 1 amide bonds. The first kappa shape index (κ1) is 33.1. The molecule has 2 saturated heterocycles. The third-order valence-electron chi connectivity index (χ3n) is 7.59. The van der Waals surface area contributed by atoms with Gasteiger partial charge in [0.2, 0.25) is 0 Å². The molecule has 5 rings (SSSR count). The minimum Gasteiger partial charge on any atom is -0.369 e. The Morgan fingerprint density at radius 1 is 1.14 bits per heavy atom. The number of guanidine groups is 1. The second kappa shape index (κ2) is 16.3. The van der Waals surface area contributed by atoms with Crippen molar-refractivity contribution in [3.05, 3.63) is 59.8 Å². The van der Waals surface area contributed by atoms with Crippen molar-refractivity contribution in [3.63, 3.8) is 0 Å². The molecule has 3 aliphatic heterocycles. The molecule has 5 N–H and O–H groups in total. The first-order valence-electron chi connectivity index (χ1n) is 14.3. The van der Waals surface area contributed by atoms with E-state index in [9.17, 15) is 4.79 Å². The van der Waals surface area contributed by atoms with Crippen LogP contribution in [0.3, 0.4) is 0 Å². The molecule has 2 aromatic rings. The van der Waals surface area contributed by atoms with Gasteiger partial charge in [-0.25, -0.2) is 4.98 Å². The lowest BCUT2D eigenvalue weighted by Gasteiger charge is -2.35. The number of rotatable bonds is 5. The number of aromatic nitrogens is 1. The topological polar surface area (TPSA) is 145 Å². The highest BCUT2D eigenvalue weighted by Crippen LogP contribution is 2.27. The maximum absolute atomic E-state index is 12.9. The third kappa shape index (κ3) is 10.1. The summed E-state index contributed by atoms with van der Waals surface area (Å²) in [6.07, 6.45) is 6.84. The summed E-state index contributed by atoms with van der Waals surface area (Å²) in [6, 6.07) is 11.6. The van der Waals surface area contributed by atoms with E-state index in [4.69, 9.17) is 14.2 Å². The number of hydrogen-bond donors (Lipinski definition) is 4. The summed E-state index contributed by atoms with van der Waals surface area (Å²) in [4.78, 5) is 26.0. The minimum atomic E-state index is -0.750. The monoisotopic (exact) mass is 596 g/mol. The second-order valence-corrected chi connectivity index (χ2v) is 11.7. The van der Waals surface area contributed by atoms with Crippen LogP contribution in [0.1, 0.15) is 49.0 Å². The van der Waals surface area contributed by atoms with Crippen LogP contribution < -0.4 is 21.7 Å². The summed E-state index contributed by atoms with van der Waals surface area (Å²) in [5.41, 5.74) is 10.5. The average Bonchev–Trinajstić information content (AvgIpc) is 2.98. The van der Waals surface area contributed by atoms with Gasteiger partial charge >= 0.3 is 11.6 Å². The van der Waals surface area contributed by atoms with E-state index in [2.05, 4.69) is 57.8 Å². The second-order valence-electron chi connectivity index (χ2n) is 11.5. The Kier molecular flexibility index (Phi) is 12.8. The number of nitrogens with two attached hydrogens (primary N) is 1. The van der Waals surface area contributed by atoms with Crippen molar-refractivity contribution in [2.24, 2.45) is 16.1 Å². The summed E-state index contributed by atoms with van der Waals surface area (Å²) in [7, 11) is 4.02. The van der Waals surface area contributed by atoms with Gasteiger partial charge in [0.1, 0.15) is 0 Å².